The van der Waals surface area contributed by atoms with Crippen molar-refractivity contribution in [2.45, 2.75) is 59.3 Å². The summed E-state index contributed by atoms with van der Waals surface area (Å²) in [5.74, 6) is 0.977. The van der Waals surface area contributed by atoms with E-state index >= 15 is 0 Å². The molecule has 0 aromatic heterocycles. The normalized spacial score (nSPS) is 11.6. The first-order valence-electron chi connectivity index (χ1n) is 10.2. The maximum atomic E-state index is 10.4. The van der Waals surface area contributed by atoms with E-state index in [0.717, 1.165) is 22.3 Å². The molecule has 0 atom stereocenters. The molecule has 0 bridgehead atoms. The SMILES string of the molecule is Cc1cc(C(C)(C)C)c(O)c(C(C)(C)C)c1.Oc1ccc(-c2ccc(O)cc2)cc1. The molecule has 0 aliphatic rings. The number of aromatic hydroxyl groups is 3. The molecular formula is C27H34O3. The summed E-state index contributed by atoms with van der Waals surface area (Å²) in [4.78, 5) is 0. The van der Waals surface area contributed by atoms with Gasteiger partial charge in [0.25, 0.3) is 0 Å². The minimum Gasteiger partial charge on any atom is -0.508 e. The summed E-state index contributed by atoms with van der Waals surface area (Å²) >= 11 is 0. The third-order valence-corrected chi connectivity index (χ3v) is 4.94. The van der Waals surface area contributed by atoms with E-state index in [1.54, 1.807) is 24.3 Å². The van der Waals surface area contributed by atoms with Gasteiger partial charge in [-0.25, -0.2) is 0 Å². The molecule has 0 fully saturated rings. The molecule has 0 spiro atoms. The van der Waals surface area contributed by atoms with Gasteiger partial charge in [0.1, 0.15) is 17.2 Å². The Balaban J connectivity index is 0.000000215. The first kappa shape index (κ1) is 23.3. The van der Waals surface area contributed by atoms with Gasteiger partial charge in [0.05, 0.1) is 0 Å². The average molecular weight is 407 g/mol. The van der Waals surface area contributed by atoms with Crippen molar-refractivity contribution in [2.75, 3.05) is 0 Å². The van der Waals surface area contributed by atoms with Gasteiger partial charge in [0.15, 0.2) is 0 Å². The molecule has 0 saturated heterocycles. The van der Waals surface area contributed by atoms with Gasteiger partial charge in [-0.05, 0) is 64.3 Å². The number of hydrogen-bond acceptors (Lipinski definition) is 3. The second-order valence-corrected chi connectivity index (χ2v) is 9.80. The second-order valence-electron chi connectivity index (χ2n) is 9.80. The van der Waals surface area contributed by atoms with Crippen molar-refractivity contribution in [3.8, 4) is 28.4 Å². The topological polar surface area (TPSA) is 60.7 Å². The van der Waals surface area contributed by atoms with Gasteiger partial charge >= 0.3 is 0 Å². The molecule has 0 unspecified atom stereocenters. The molecule has 0 amide bonds. The van der Waals surface area contributed by atoms with Crippen molar-refractivity contribution in [3.63, 3.8) is 0 Å². The number of phenolic OH excluding ortho intramolecular Hbond substituents is 3. The summed E-state index contributed by atoms with van der Waals surface area (Å²) in [6.45, 7) is 14.9. The predicted molar refractivity (Wildman–Crippen MR) is 125 cm³/mol. The molecule has 3 nitrogen and oxygen atoms in total. The molecule has 3 heteroatoms. The zero-order valence-electron chi connectivity index (χ0n) is 19.1. The lowest BCUT2D eigenvalue weighted by molar-refractivity contribution is 0.423. The smallest absolute Gasteiger partial charge is 0.123 e. The fourth-order valence-corrected chi connectivity index (χ4v) is 3.23. The fraction of sp³-hybridized carbons (Fsp3) is 0.333. The minimum absolute atomic E-state index is 0.0178. The minimum atomic E-state index is -0.0178. The van der Waals surface area contributed by atoms with Crippen LogP contribution in [-0.2, 0) is 10.8 Å². The van der Waals surface area contributed by atoms with Crippen LogP contribution in [0.5, 0.6) is 17.2 Å². The van der Waals surface area contributed by atoms with E-state index in [4.69, 9.17) is 10.2 Å². The predicted octanol–water partition coefficient (Wildman–Crippen LogP) is 7.06. The zero-order chi connectivity index (χ0) is 22.7. The van der Waals surface area contributed by atoms with Gasteiger partial charge in [-0.2, -0.15) is 0 Å². The van der Waals surface area contributed by atoms with Crippen LogP contribution in [0.4, 0.5) is 0 Å². The highest BCUT2D eigenvalue weighted by atomic mass is 16.3. The van der Waals surface area contributed by atoms with Crippen molar-refractivity contribution in [1.29, 1.82) is 0 Å². The van der Waals surface area contributed by atoms with Crippen LogP contribution in [0, 0.1) is 6.92 Å². The summed E-state index contributed by atoms with van der Waals surface area (Å²) in [5.41, 5.74) is 5.29. The van der Waals surface area contributed by atoms with Gasteiger partial charge in [-0.1, -0.05) is 83.5 Å². The van der Waals surface area contributed by atoms with Crippen LogP contribution in [0.1, 0.15) is 58.2 Å². The lowest BCUT2D eigenvalue weighted by atomic mass is 9.78. The third kappa shape index (κ3) is 6.03. The van der Waals surface area contributed by atoms with Gasteiger partial charge in [-0.15, -0.1) is 0 Å². The Morgan fingerprint density at radius 2 is 0.833 bits per heavy atom. The van der Waals surface area contributed by atoms with Gasteiger partial charge in [0, 0.05) is 0 Å². The van der Waals surface area contributed by atoms with Crippen molar-refractivity contribution in [2.24, 2.45) is 0 Å². The van der Waals surface area contributed by atoms with E-state index in [9.17, 15) is 5.11 Å². The molecule has 0 aliphatic carbocycles. The summed E-state index contributed by atoms with van der Waals surface area (Å²) in [5, 5.41) is 28.6. The van der Waals surface area contributed by atoms with Gasteiger partial charge in [0.2, 0.25) is 0 Å². The van der Waals surface area contributed by atoms with Crippen LogP contribution in [0.3, 0.4) is 0 Å². The van der Waals surface area contributed by atoms with Crippen LogP contribution in [-0.4, -0.2) is 15.3 Å². The van der Waals surface area contributed by atoms with Crippen molar-refractivity contribution in [1.82, 2.24) is 0 Å². The number of phenols is 3. The molecule has 3 aromatic carbocycles. The second kappa shape index (κ2) is 8.83. The summed E-state index contributed by atoms with van der Waals surface area (Å²) in [6, 6.07) is 18.1. The van der Waals surface area contributed by atoms with E-state index in [1.807, 2.05) is 24.3 Å². The molecule has 0 aliphatic heterocycles. The van der Waals surface area contributed by atoms with E-state index in [2.05, 4.69) is 60.6 Å². The van der Waals surface area contributed by atoms with E-state index in [1.165, 1.54) is 5.56 Å². The fourth-order valence-electron chi connectivity index (χ4n) is 3.23. The number of benzene rings is 3. The van der Waals surface area contributed by atoms with Crippen LogP contribution in [0.25, 0.3) is 11.1 Å². The summed E-state index contributed by atoms with van der Waals surface area (Å²) < 4.78 is 0. The first-order valence-corrected chi connectivity index (χ1v) is 10.2. The van der Waals surface area contributed by atoms with Gasteiger partial charge < -0.3 is 15.3 Å². The average Bonchev–Trinajstić information content (AvgIpc) is 2.63. The highest BCUT2D eigenvalue weighted by Crippen LogP contribution is 2.39. The highest BCUT2D eigenvalue weighted by molar-refractivity contribution is 5.64. The molecular weight excluding hydrogens is 372 g/mol. The Morgan fingerprint density at radius 1 is 0.533 bits per heavy atom. The van der Waals surface area contributed by atoms with Crippen LogP contribution >= 0.6 is 0 Å². The molecule has 3 N–H and O–H groups in total. The van der Waals surface area contributed by atoms with Crippen molar-refractivity contribution >= 4 is 0 Å². The number of aryl methyl sites for hydroxylation is 1. The Kier molecular flexibility index (Phi) is 6.87. The first-order chi connectivity index (χ1) is 13.8. The van der Waals surface area contributed by atoms with E-state index in [-0.39, 0.29) is 22.3 Å². The molecule has 3 aromatic rings. The summed E-state index contributed by atoms with van der Waals surface area (Å²) in [6.07, 6.45) is 0. The maximum Gasteiger partial charge on any atom is 0.123 e. The van der Waals surface area contributed by atoms with Crippen LogP contribution < -0.4 is 0 Å². The molecule has 0 saturated carbocycles. The zero-order valence-corrected chi connectivity index (χ0v) is 19.1. The lowest BCUT2D eigenvalue weighted by Crippen LogP contribution is -2.17. The quantitative estimate of drug-likeness (QED) is 0.405. The molecule has 160 valence electrons. The third-order valence-electron chi connectivity index (χ3n) is 4.94. The number of hydrogen-bond donors (Lipinski definition) is 3. The number of rotatable bonds is 1. The van der Waals surface area contributed by atoms with Crippen molar-refractivity contribution < 1.29 is 15.3 Å². The Hall–Kier alpha value is -2.94. The van der Waals surface area contributed by atoms with E-state index in [0.29, 0.717) is 5.75 Å². The van der Waals surface area contributed by atoms with Crippen molar-refractivity contribution in [3.05, 3.63) is 77.4 Å². The maximum absolute atomic E-state index is 10.4. The Bertz CT molecular complexity index is 892. The van der Waals surface area contributed by atoms with E-state index < -0.39 is 0 Å². The standard InChI is InChI=1S/C15H24O.C12H10O2/c1-10-8-11(14(2,3)4)13(16)12(9-10)15(5,6)7;13-11-5-1-9(2-6-11)10-3-7-12(14)8-4-10/h8-9,16H,1-7H3;1-8,13-14H. The van der Waals surface area contributed by atoms with Gasteiger partial charge in [-0.3, -0.25) is 0 Å². The molecule has 0 radical (unpaired) electrons. The summed E-state index contributed by atoms with van der Waals surface area (Å²) in [7, 11) is 0. The van der Waals surface area contributed by atoms with Crippen LogP contribution in [0.2, 0.25) is 0 Å². The Morgan fingerprint density at radius 3 is 1.10 bits per heavy atom. The molecule has 3 rings (SSSR count). The lowest BCUT2D eigenvalue weighted by Gasteiger charge is -2.27. The highest BCUT2D eigenvalue weighted by Gasteiger charge is 2.25. The molecule has 0 heterocycles. The van der Waals surface area contributed by atoms with Crippen LogP contribution in [0.15, 0.2) is 60.7 Å². The largest absolute Gasteiger partial charge is 0.508 e. The molecule has 30 heavy (non-hydrogen) atoms. The monoisotopic (exact) mass is 406 g/mol. The Labute approximate surface area is 180 Å².